The number of nitrogens with zero attached hydrogens (tertiary/aromatic N) is 1. The lowest BCUT2D eigenvalue weighted by molar-refractivity contribution is 0.112. The van der Waals surface area contributed by atoms with Crippen LogP contribution >= 0.6 is 0 Å². The van der Waals surface area contributed by atoms with Crippen LogP contribution in [0.5, 0.6) is 11.5 Å². The summed E-state index contributed by atoms with van der Waals surface area (Å²) in [5.74, 6) is 0.598. The second kappa shape index (κ2) is 8.43. The molecule has 0 unspecified atom stereocenters. The number of hydrogen-bond acceptors (Lipinski definition) is 4. The number of ether oxygens (including phenoxy) is 1. The zero-order valence-corrected chi connectivity index (χ0v) is 13.7. The number of aldehydes is 1. The van der Waals surface area contributed by atoms with Crippen molar-refractivity contribution in [1.29, 1.82) is 5.26 Å². The molecule has 4 heteroatoms. The summed E-state index contributed by atoms with van der Waals surface area (Å²) in [7, 11) is 0. The molecule has 1 rings (SSSR count). The van der Waals surface area contributed by atoms with E-state index in [1.54, 1.807) is 6.07 Å². The van der Waals surface area contributed by atoms with Gasteiger partial charge in [-0.1, -0.05) is 19.8 Å². The Morgan fingerprint density at radius 1 is 1.32 bits per heavy atom. The minimum atomic E-state index is -0.257. The van der Waals surface area contributed by atoms with E-state index >= 15 is 0 Å². The molecule has 0 bridgehead atoms. The van der Waals surface area contributed by atoms with E-state index in [1.807, 2.05) is 20.8 Å². The molecule has 0 radical (unpaired) electrons. The summed E-state index contributed by atoms with van der Waals surface area (Å²) in [5.41, 5.74) is 0.959. The Morgan fingerprint density at radius 2 is 2.05 bits per heavy atom. The van der Waals surface area contributed by atoms with Gasteiger partial charge in [0.05, 0.1) is 23.7 Å². The Balaban J connectivity index is 2.44. The van der Waals surface area contributed by atoms with Crippen LogP contribution in [0.25, 0.3) is 0 Å². The van der Waals surface area contributed by atoms with E-state index in [1.165, 1.54) is 6.07 Å². The minimum Gasteiger partial charge on any atom is -0.507 e. The largest absolute Gasteiger partial charge is 0.507 e. The van der Waals surface area contributed by atoms with E-state index in [4.69, 9.17) is 10.00 Å². The van der Waals surface area contributed by atoms with Crippen LogP contribution < -0.4 is 4.74 Å². The van der Waals surface area contributed by atoms with Gasteiger partial charge in [-0.2, -0.15) is 5.26 Å². The van der Waals surface area contributed by atoms with Crippen molar-refractivity contribution in [3.63, 3.8) is 0 Å². The molecule has 0 heterocycles. The number of unbranched alkanes of at least 4 members (excludes halogenated alkanes) is 2. The second-order valence-corrected chi connectivity index (χ2v) is 6.14. The molecule has 1 aromatic rings. The molecule has 0 aliphatic carbocycles. The van der Waals surface area contributed by atoms with Crippen LogP contribution in [-0.2, 0) is 6.42 Å². The van der Waals surface area contributed by atoms with Crippen LogP contribution in [0.2, 0.25) is 0 Å². The van der Waals surface area contributed by atoms with Crippen LogP contribution in [0.15, 0.2) is 12.1 Å². The fourth-order valence-corrected chi connectivity index (χ4v) is 2.22. The highest BCUT2D eigenvalue weighted by molar-refractivity contribution is 5.80. The van der Waals surface area contributed by atoms with Crippen molar-refractivity contribution < 1.29 is 14.6 Å². The molecular formula is C18H25NO3. The molecule has 0 aliphatic heterocycles. The van der Waals surface area contributed by atoms with E-state index in [0.717, 1.165) is 37.7 Å². The number of phenols is 1. The number of carbonyl (C=O) groups is 1. The smallest absolute Gasteiger partial charge is 0.153 e. The summed E-state index contributed by atoms with van der Waals surface area (Å²) in [6, 6.07) is 5.49. The molecule has 0 spiro atoms. The van der Waals surface area contributed by atoms with Crippen molar-refractivity contribution >= 4 is 6.29 Å². The van der Waals surface area contributed by atoms with Crippen molar-refractivity contribution in [3.05, 3.63) is 23.3 Å². The monoisotopic (exact) mass is 303 g/mol. The van der Waals surface area contributed by atoms with Crippen molar-refractivity contribution in [2.45, 2.75) is 52.9 Å². The molecule has 120 valence electrons. The molecule has 0 saturated carbocycles. The van der Waals surface area contributed by atoms with E-state index in [-0.39, 0.29) is 11.2 Å². The number of carbonyl (C=O) groups excluding carboxylic acids is 1. The Hall–Kier alpha value is -2.02. The molecule has 0 amide bonds. The topological polar surface area (TPSA) is 70.3 Å². The number of aromatic hydroxyl groups is 1. The van der Waals surface area contributed by atoms with Crippen molar-refractivity contribution in [2.24, 2.45) is 5.41 Å². The third-order valence-corrected chi connectivity index (χ3v) is 3.72. The molecule has 0 aromatic heterocycles. The Labute approximate surface area is 132 Å². The van der Waals surface area contributed by atoms with Crippen LogP contribution in [0.3, 0.4) is 0 Å². The van der Waals surface area contributed by atoms with Gasteiger partial charge < -0.3 is 9.84 Å². The van der Waals surface area contributed by atoms with E-state index in [9.17, 15) is 9.90 Å². The zero-order valence-electron chi connectivity index (χ0n) is 13.7. The van der Waals surface area contributed by atoms with Gasteiger partial charge in [0, 0.05) is 6.07 Å². The highest BCUT2D eigenvalue weighted by Crippen LogP contribution is 2.28. The third kappa shape index (κ3) is 5.40. The first-order valence-electron chi connectivity index (χ1n) is 7.78. The first-order chi connectivity index (χ1) is 10.4. The molecular weight excluding hydrogens is 278 g/mol. The van der Waals surface area contributed by atoms with Crippen molar-refractivity contribution in [2.75, 3.05) is 6.61 Å². The Bertz CT molecular complexity index is 544. The molecule has 1 N–H and O–H groups in total. The van der Waals surface area contributed by atoms with Gasteiger partial charge in [0.15, 0.2) is 6.29 Å². The van der Waals surface area contributed by atoms with Crippen molar-refractivity contribution in [1.82, 2.24) is 0 Å². The number of nitriles is 1. The highest BCUT2D eigenvalue weighted by atomic mass is 16.5. The molecule has 22 heavy (non-hydrogen) atoms. The molecule has 1 aromatic carbocycles. The fraction of sp³-hybridized carbons (Fsp3) is 0.556. The van der Waals surface area contributed by atoms with Gasteiger partial charge >= 0.3 is 0 Å². The number of hydrogen-bond donors (Lipinski definition) is 1. The van der Waals surface area contributed by atoms with Gasteiger partial charge in [0.1, 0.15) is 11.5 Å². The van der Waals surface area contributed by atoms with Crippen LogP contribution in [0.1, 0.15) is 62.4 Å². The van der Waals surface area contributed by atoms with Gasteiger partial charge in [0.25, 0.3) is 0 Å². The lowest BCUT2D eigenvalue weighted by Gasteiger charge is -2.15. The predicted octanol–water partition coefficient (Wildman–Crippen LogP) is 4.26. The fourth-order valence-electron chi connectivity index (χ4n) is 2.22. The quantitative estimate of drug-likeness (QED) is 0.546. The van der Waals surface area contributed by atoms with E-state index < -0.39 is 0 Å². The summed E-state index contributed by atoms with van der Waals surface area (Å²) >= 11 is 0. The molecule has 0 atom stereocenters. The summed E-state index contributed by atoms with van der Waals surface area (Å²) in [5, 5.41) is 18.7. The normalized spacial score (nSPS) is 11.0. The minimum absolute atomic E-state index is 0.0435. The first-order valence-corrected chi connectivity index (χ1v) is 7.78. The zero-order chi connectivity index (χ0) is 16.6. The lowest BCUT2D eigenvalue weighted by atomic mass is 9.89. The maximum absolute atomic E-state index is 10.8. The first kappa shape index (κ1) is 18.0. The number of benzene rings is 1. The van der Waals surface area contributed by atoms with Crippen LogP contribution in [0, 0.1) is 16.7 Å². The second-order valence-electron chi connectivity index (χ2n) is 6.14. The van der Waals surface area contributed by atoms with Gasteiger partial charge in [-0.15, -0.1) is 0 Å². The number of phenolic OH excluding ortho intramolecular Hbond substituents is 1. The van der Waals surface area contributed by atoms with Gasteiger partial charge in [-0.25, -0.2) is 0 Å². The van der Waals surface area contributed by atoms with Crippen molar-refractivity contribution in [3.8, 4) is 17.6 Å². The molecule has 0 fully saturated rings. The summed E-state index contributed by atoms with van der Waals surface area (Å²) in [6.07, 6.45) is 5.19. The Kier molecular flexibility index (Phi) is 6.91. The maximum Gasteiger partial charge on any atom is 0.153 e. The standard InChI is InChI=1S/C18H25NO3/c1-4-14-10-15(12-20)16(21)11-17(14)22-9-7-5-6-8-18(2,3)13-19/h10-12,21H,4-9H2,1-3H3. The molecule has 0 aliphatic rings. The van der Waals surface area contributed by atoms with Crippen LogP contribution in [0.4, 0.5) is 0 Å². The molecule has 4 nitrogen and oxygen atoms in total. The van der Waals surface area contributed by atoms with Gasteiger partial charge in [0.2, 0.25) is 0 Å². The Morgan fingerprint density at radius 3 is 2.64 bits per heavy atom. The molecule has 0 saturated heterocycles. The summed E-state index contributed by atoms with van der Waals surface area (Å²) in [4.78, 5) is 10.8. The van der Waals surface area contributed by atoms with E-state index in [0.29, 0.717) is 24.2 Å². The summed E-state index contributed by atoms with van der Waals surface area (Å²) < 4.78 is 5.73. The third-order valence-electron chi connectivity index (χ3n) is 3.72. The van der Waals surface area contributed by atoms with Crippen LogP contribution in [-0.4, -0.2) is 18.0 Å². The predicted molar refractivity (Wildman–Crippen MR) is 86.2 cm³/mol. The van der Waals surface area contributed by atoms with Gasteiger partial charge in [-0.3, -0.25) is 4.79 Å². The van der Waals surface area contributed by atoms with Gasteiger partial charge in [-0.05, 0) is 44.7 Å². The highest BCUT2D eigenvalue weighted by Gasteiger charge is 2.15. The number of aryl methyl sites for hydroxylation is 1. The maximum atomic E-state index is 10.8. The summed E-state index contributed by atoms with van der Waals surface area (Å²) in [6.45, 7) is 6.46. The SMILES string of the molecule is CCc1cc(C=O)c(O)cc1OCCCCCC(C)(C)C#N. The average molecular weight is 303 g/mol. The van der Waals surface area contributed by atoms with E-state index in [2.05, 4.69) is 6.07 Å². The lowest BCUT2D eigenvalue weighted by Crippen LogP contribution is -2.07. The average Bonchev–Trinajstić information content (AvgIpc) is 2.50. The number of rotatable bonds is 9.